The van der Waals surface area contributed by atoms with Crippen molar-refractivity contribution in [3.05, 3.63) is 249 Å². The highest BCUT2D eigenvalue weighted by atomic mass is 32.1. The highest BCUT2D eigenvalue weighted by molar-refractivity contribution is 7.19. The first-order valence-electron chi connectivity index (χ1n) is 32.6. The summed E-state index contributed by atoms with van der Waals surface area (Å²) in [4.78, 5) is 13.4. The normalized spacial score (nSPS) is 12.9. The van der Waals surface area contributed by atoms with E-state index in [9.17, 15) is 5.26 Å². The predicted octanol–water partition coefficient (Wildman–Crippen LogP) is 15.4. The zero-order valence-electron chi connectivity index (χ0n) is 53.7. The highest BCUT2D eigenvalue weighted by Gasteiger charge is 2.40. The van der Waals surface area contributed by atoms with Crippen LogP contribution in [0.2, 0.25) is 0 Å². The zero-order chi connectivity index (χ0) is 64.0. The minimum absolute atomic E-state index is 0.180. The fourth-order valence-corrected chi connectivity index (χ4v) is 14.3. The second-order valence-electron chi connectivity index (χ2n) is 23.3. The number of aromatic nitrogens is 3. The molecule has 4 heterocycles. The minimum atomic E-state index is -0.334. The Morgan fingerprint density at radius 1 is 0.609 bits per heavy atom. The SMILES string of the molecule is C#CC.CCCCC(CC)COc1ccc(C2=c3c(c(-c4ccc(OCC(CC)CCCC)cc4)n(B(c4ccccc4)c4ccccc4)/c3=C(/C#N)c3nc4ccccc4s3)CN2B(c2ccccc2)c2ccccc2)cc1.N#CCc1nc2c(s1)C=CCC=C2. The van der Waals surface area contributed by atoms with E-state index in [0.29, 0.717) is 48.6 Å². The topological polar surface area (TPSA) is 100.0 Å². The fraction of sp³-hybridized carbons (Fsp3) is 0.250. The van der Waals surface area contributed by atoms with Crippen LogP contribution in [0.25, 0.3) is 44.9 Å². The number of terminal acetylenes is 1. The van der Waals surface area contributed by atoms with Crippen molar-refractivity contribution in [2.75, 3.05) is 13.2 Å². The molecule has 460 valence electrons. The maximum absolute atomic E-state index is 12.0. The van der Waals surface area contributed by atoms with Gasteiger partial charge in [0.05, 0.1) is 51.8 Å². The molecule has 2 unspecified atom stereocenters. The molecular formula is C80H80B2N6O2S2. The van der Waals surface area contributed by atoms with Crippen LogP contribution in [0.15, 0.2) is 206 Å². The molecule has 0 saturated carbocycles. The summed E-state index contributed by atoms with van der Waals surface area (Å²) in [6, 6.07) is 74.0. The van der Waals surface area contributed by atoms with Crippen LogP contribution >= 0.6 is 22.7 Å². The molecule has 0 bridgehead atoms. The van der Waals surface area contributed by atoms with Crippen molar-refractivity contribution in [1.82, 2.24) is 19.3 Å². The monoisotopic (exact) mass is 1240 g/mol. The average molecular weight is 1240 g/mol. The van der Waals surface area contributed by atoms with Crippen LogP contribution in [0, 0.1) is 46.8 Å². The van der Waals surface area contributed by atoms with Gasteiger partial charge in [0.15, 0.2) is 0 Å². The van der Waals surface area contributed by atoms with Gasteiger partial charge in [0.1, 0.15) is 33.2 Å². The Hall–Kier alpha value is -9.37. The fourth-order valence-electron chi connectivity index (χ4n) is 12.4. The number of fused-ring (bicyclic) bond motifs is 3. The molecule has 8 nitrogen and oxygen atoms in total. The number of nitrogens with zero attached hydrogens (tertiary/aromatic N) is 6. The zero-order valence-corrected chi connectivity index (χ0v) is 55.3. The molecule has 2 atom stereocenters. The van der Waals surface area contributed by atoms with Gasteiger partial charge in [0.2, 0.25) is 0 Å². The molecule has 7 aromatic carbocycles. The highest BCUT2D eigenvalue weighted by Crippen LogP contribution is 2.35. The van der Waals surface area contributed by atoms with Crippen molar-refractivity contribution >= 4 is 91.9 Å². The molecule has 0 N–H and O–H groups in total. The minimum Gasteiger partial charge on any atom is -0.493 e. The number of hydrogen-bond acceptors (Lipinski definition) is 9. The van der Waals surface area contributed by atoms with Gasteiger partial charge in [-0.15, -0.1) is 35.0 Å². The van der Waals surface area contributed by atoms with E-state index in [1.807, 2.05) is 18.2 Å². The lowest BCUT2D eigenvalue weighted by Gasteiger charge is -2.32. The van der Waals surface area contributed by atoms with E-state index >= 15 is 0 Å². The molecular weight excluding hydrogens is 1160 g/mol. The van der Waals surface area contributed by atoms with Crippen molar-refractivity contribution < 1.29 is 9.47 Å². The second-order valence-corrected chi connectivity index (χ2v) is 25.5. The number of unbranched alkanes of at least 4 members (excludes halogenated alkanes) is 2. The molecule has 0 saturated heterocycles. The summed E-state index contributed by atoms with van der Waals surface area (Å²) in [5.41, 5.74) is 12.3. The van der Waals surface area contributed by atoms with Crippen molar-refractivity contribution in [2.45, 2.75) is 105 Å². The third-order valence-electron chi connectivity index (χ3n) is 17.1. The van der Waals surface area contributed by atoms with Crippen molar-refractivity contribution in [3.8, 4) is 47.2 Å². The molecule has 0 amide bonds. The molecule has 0 radical (unpaired) electrons. The number of para-hydroxylation sites is 1. The van der Waals surface area contributed by atoms with Crippen LogP contribution in [0.5, 0.6) is 11.5 Å². The van der Waals surface area contributed by atoms with Crippen LogP contribution in [0.4, 0.5) is 0 Å². The molecule has 12 rings (SSSR count). The van der Waals surface area contributed by atoms with Gasteiger partial charge >= 0.3 is 13.7 Å². The van der Waals surface area contributed by atoms with Crippen LogP contribution in [0.1, 0.15) is 124 Å². The van der Waals surface area contributed by atoms with E-state index in [-0.39, 0.29) is 13.7 Å². The number of hydrogen-bond donors (Lipinski definition) is 0. The number of rotatable bonds is 24. The summed E-state index contributed by atoms with van der Waals surface area (Å²) in [6.45, 7) is 12.1. The molecule has 92 heavy (non-hydrogen) atoms. The average Bonchev–Trinajstić information content (AvgIpc) is 1.54. The van der Waals surface area contributed by atoms with E-state index in [2.05, 4.69) is 267 Å². The summed E-state index contributed by atoms with van der Waals surface area (Å²) in [6.07, 6.45) is 23.5. The van der Waals surface area contributed by atoms with Gasteiger partial charge in [-0.3, -0.25) is 0 Å². The van der Waals surface area contributed by atoms with Gasteiger partial charge in [0.25, 0.3) is 0 Å². The van der Waals surface area contributed by atoms with Gasteiger partial charge in [-0.1, -0.05) is 234 Å². The smallest absolute Gasteiger partial charge is 0.328 e. The van der Waals surface area contributed by atoms with Crippen LogP contribution in [-0.2, 0) is 13.0 Å². The van der Waals surface area contributed by atoms with Gasteiger partial charge in [-0.2, -0.15) is 10.5 Å². The summed E-state index contributed by atoms with van der Waals surface area (Å²) in [7, 11) is 0. The molecule has 10 aromatic rings. The quantitative estimate of drug-likeness (QED) is 0.0439. The van der Waals surface area contributed by atoms with Gasteiger partial charge in [-0.05, 0) is 122 Å². The van der Waals surface area contributed by atoms with E-state index in [1.165, 1.54) is 41.5 Å². The molecule has 0 spiro atoms. The summed E-state index contributed by atoms with van der Waals surface area (Å²) >= 11 is 3.18. The van der Waals surface area contributed by atoms with Gasteiger partial charge in [-0.25, -0.2) is 9.97 Å². The molecule has 12 heteroatoms. The van der Waals surface area contributed by atoms with E-state index in [0.717, 1.165) is 114 Å². The predicted molar refractivity (Wildman–Crippen MR) is 389 cm³/mol. The molecule has 0 fully saturated rings. The van der Waals surface area contributed by atoms with Crippen molar-refractivity contribution in [1.29, 1.82) is 10.5 Å². The Bertz CT molecular complexity index is 4190. The number of allylic oxidation sites excluding steroid dienone is 2. The molecule has 1 aliphatic carbocycles. The van der Waals surface area contributed by atoms with Gasteiger partial charge in [0, 0.05) is 28.7 Å². The Labute approximate surface area is 553 Å². The van der Waals surface area contributed by atoms with Crippen LogP contribution in [0.3, 0.4) is 0 Å². The number of thiazole rings is 2. The number of benzene rings is 7. The third kappa shape index (κ3) is 15.7. The third-order valence-corrected chi connectivity index (χ3v) is 19.2. The lowest BCUT2D eigenvalue weighted by molar-refractivity contribution is 0.233. The number of nitriles is 2. The first-order chi connectivity index (χ1) is 45.3. The van der Waals surface area contributed by atoms with Gasteiger partial charge < -0.3 is 18.8 Å². The Morgan fingerprint density at radius 2 is 1.11 bits per heavy atom. The van der Waals surface area contributed by atoms with Crippen molar-refractivity contribution in [3.63, 3.8) is 0 Å². The Balaban J connectivity index is 0.000000506. The Kier molecular flexibility index (Phi) is 23.6. The maximum Gasteiger partial charge on any atom is 0.328 e. The molecule has 3 aromatic heterocycles. The van der Waals surface area contributed by atoms with Crippen LogP contribution in [-0.4, -0.2) is 46.2 Å². The van der Waals surface area contributed by atoms with E-state index < -0.39 is 0 Å². The summed E-state index contributed by atoms with van der Waals surface area (Å²) in [5.74, 6) is 4.97. The first-order valence-corrected chi connectivity index (χ1v) is 34.2. The molecule has 2 aliphatic rings. The van der Waals surface area contributed by atoms with E-state index in [4.69, 9.17) is 19.7 Å². The standard InChI is InChI=1S/C67H68B2N4O2S.C10H8N2S.C3H4/c1-5-9-25-49(7-3)47-74-57-41-37-51(38-42-57)64-60-46-72(68(53-27-15-11-16-28-53)54-29-17-12-18-30-54)65(52-39-43-58(44-40-52)75-48-50(8-4)26-10-6-2)63(60)66(59(45-70)67-71-61-35-23-24-36-62(61)76-67)73(64)69(55-31-19-13-20-32-55)56-33-21-14-22-34-56;11-7-6-10-12-8-4-2-1-3-5-9(8)13-10;1-3-2/h11-24,27-44,49-50H,5-10,25-26,46-48H2,1-4H3;2-5H,1,6H2;1H,2H3/b66-59-;;. The molecule has 1 aliphatic heterocycles. The van der Waals surface area contributed by atoms with Crippen LogP contribution < -0.4 is 41.9 Å². The summed E-state index contributed by atoms with van der Waals surface area (Å²) < 4.78 is 16.7. The second kappa shape index (κ2) is 33.1. The maximum atomic E-state index is 12.0. The first kappa shape index (κ1) is 65.6. The largest absolute Gasteiger partial charge is 0.493 e. The van der Waals surface area contributed by atoms with Crippen molar-refractivity contribution in [2.24, 2.45) is 11.8 Å². The van der Waals surface area contributed by atoms with E-state index in [1.54, 1.807) is 29.6 Å². The Morgan fingerprint density at radius 3 is 1.61 bits per heavy atom. The number of ether oxygens (including phenoxy) is 2. The summed E-state index contributed by atoms with van der Waals surface area (Å²) in [5, 5.41) is 24.0. The lowest BCUT2D eigenvalue weighted by Crippen LogP contribution is -2.56. The lowest BCUT2D eigenvalue weighted by atomic mass is 9.49.